The van der Waals surface area contributed by atoms with Crippen LogP contribution in [0.3, 0.4) is 0 Å². The fraction of sp³-hybridized carbons (Fsp3) is 0.571. The molecule has 1 heterocycles. The quantitative estimate of drug-likeness (QED) is 0.859. The summed E-state index contributed by atoms with van der Waals surface area (Å²) >= 11 is 1.29. The van der Waals surface area contributed by atoms with Gasteiger partial charge in [-0.3, -0.25) is 4.79 Å². The van der Waals surface area contributed by atoms with Gasteiger partial charge in [0.25, 0.3) is 0 Å². The first-order valence-electron chi connectivity index (χ1n) is 6.21. The van der Waals surface area contributed by atoms with Crippen LogP contribution in [0.25, 0.3) is 0 Å². The van der Waals surface area contributed by atoms with Gasteiger partial charge in [-0.05, 0) is 29.7 Å². The van der Waals surface area contributed by atoms with Crippen molar-refractivity contribution in [3.05, 3.63) is 15.8 Å². The van der Waals surface area contributed by atoms with E-state index in [-0.39, 0.29) is 11.3 Å². The van der Waals surface area contributed by atoms with Gasteiger partial charge in [0, 0.05) is 6.42 Å². The minimum Gasteiger partial charge on any atom is -0.465 e. The predicted molar refractivity (Wildman–Crippen MR) is 77.7 cm³/mol. The Hall–Kier alpha value is -1.36. The Balaban J connectivity index is 2.74. The number of nitrogens with one attached hydrogen (secondary N) is 1. The topological polar surface area (TPSA) is 55.4 Å². The number of ether oxygens (including phenoxy) is 1. The van der Waals surface area contributed by atoms with Gasteiger partial charge in [0.1, 0.15) is 4.88 Å². The fourth-order valence-corrected chi connectivity index (χ4v) is 2.45. The maximum Gasteiger partial charge on any atom is 0.350 e. The van der Waals surface area contributed by atoms with Crippen molar-refractivity contribution in [1.82, 2.24) is 0 Å². The number of thiophene rings is 1. The van der Waals surface area contributed by atoms with Crippen LogP contribution in [0.15, 0.2) is 5.38 Å². The van der Waals surface area contributed by atoms with Crippen LogP contribution in [0.1, 0.15) is 48.8 Å². The summed E-state index contributed by atoms with van der Waals surface area (Å²) in [4.78, 5) is 23.9. The number of amides is 1. The van der Waals surface area contributed by atoms with Gasteiger partial charge < -0.3 is 10.1 Å². The third-order valence-electron chi connectivity index (χ3n) is 2.71. The largest absolute Gasteiger partial charge is 0.465 e. The number of rotatable bonds is 4. The lowest BCUT2D eigenvalue weighted by Crippen LogP contribution is -2.17. The number of hydrogen-bond donors (Lipinski definition) is 1. The summed E-state index contributed by atoms with van der Waals surface area (Å²) < 4.78 is 4.71. The van der Waals surface area contributed by atoms with Crippen LogP contribution < -0.4 is 5.32 Å². The molecular weight excluding hydrogens is 262 g/mol. The zero-order valence-electron chi connectivity index (χ0n) is 12.1. The molecule has 0 aliphatic heterocycles. The average molecular weight is 283 g/mol. The normalized spacial score (nSPS) is 11.2. The van der Waals surface area contributed by atoms with Gasteiger partial charge in [-0.2, -0.15) is 0 Å². The molecule has 19 heavy (non-hydrogen) atoms. The molecular formula is C14H21NO3S. The molecule has 0 fully saturated rings. The smallest absolute Gasteiger partial charge is 0.350 e. The molecule has 1 rings (SSSR count). The molecule has 1 aromatic rings. The van der Waals surface area contributed by atoms with Crippen LogP contribution >= 0.6 is 11.3 Å². The van der Waals surface area contributed by atoms with Gasteiger partial charge in [-0.1, -0.05) is 20.8 Å². The third kappa shape index (κ3) is 4.67. The van der Waals surface area contributed by atoms with E-state index < -0.39 is 5.97 Å². The highest BCUT2D eigenvalue weighted by Gasteiger charge is 2.19. The molecule has 0 saturated carbocycles. The van der Waals surface area contributed by atoms with E-state index in [1.807, 2.05) is 12.3 Å². The van der Waals surface area contributed by atoms with Gasteiger partial charge in [0.05, 0.1) is 12.8 Å². The Morgan fingerprint density at radius 3 is 2.53 bits per heavy atom. The highest BCUT2D eigenvalue weighted by atomic mass is 32.1. The fourth-order valence-electron chi connectivity index (χ4n) is 1.53. The van der Waals surface area contributed by atoms with Crippen molar-refractivity contribution in [3.8, 4) is 0 Å². The molecule has 5 heteroatoms. The zero-order valence-corrected chi connectivity index (χ0v) is 12.9. The van der Waals surface area contributed by atoms with E-state index in [1.165, 1.54) is 18.4 Å². The minimum absolute atomic E-state index is 0.0680. The summed E-state index contributed by atoms with van der Waals surface area (Å²) in [5, 5.41) is 4.66. The second-order valence-electron chi connectivity index (χ2n) is 5.72. The van der Waals surface area contributed by atoms with Crippen molar-refractivity contribution in [2.75, 3.05) is 12.4 Å². The Morgan fingerprint density at radius 2 is 2.00 bits per heavy atom. The van der Waals surface area contributed by atoms with Gasteiger partial charge in [-0.15, -0.1) is 11.3 Å². The van der Waals surface area contributed by atoms with Crippen molar-refractivity contribution in [1.29, 1.82) is 0 Å². The molecule has 0 bridgehead atoms. The van der Waals surface area contributed by atoms with Crippen LogP contribution in [-0.2, 0) is 9.53 Å². The van der Waals surface area contributed by atoms with E-state index in [0.29, 0.717) is 17.0 Å². The number of esters is 1. The van der Waals surface area contributed by atoms with Crippen molar-refractivity contribution in [2.45, 2.75) is 40.5 Å². The van der Waals surface area contributed by atoms with Crippen LogP contribution in [0.4, 0.5) is 5.69 Å². The molecule has 1 aromatic heterocycles. The number of aryl methyl sites for hydroxylation is 1. The highest BCUT2D eigenvalue weighted by molar-refractivity contribution is 7.12. The standard InChI is InChI=1S/C14H21NO3S/c1-9-8-19-12(13(17)18-5)11(9)15-10(16)6-7-14(2,3)4/h8H,6-7H2,1-5H3,(H,15,16). The minimum atomic E-state index is -0.413. The summed E-state index contributed by atoms with van der Waals surface area (Å²) in [6.45, 7) is 8.14. The van der Waals surface area contributed by atoms with Gasteiger partial charge >= 0.3 is 5.97 Å². The molecule has 0 aliphatic rings. The van der Waals surface area contributed by atoms with Gasteiger partial charge in [-0.25, -0.2) is 4.79 Å². The monoisotopic (exact) mass is 283 g/mol. The molecule has 0 radical (unpaired) electrons. The molecule has 0 aromatic carbocycles. The third-order valence-corrected chi connectivity index (χ3v) is 3.79. The van der Waals surface area contributed by atoms with Crippen LogP contribution in [0, 0.1) is 12.3 Å². The maximum atomic E-state index is 11.9. The summed E-state index contributed by atoms with van der Waals surface area (Å²) in [7, 11) is 1.34. The SMILES string of the molecule is COC(=O)c1scc(C)c1NC(=O)CCC(C)(C)C. The van der Waals surface area contributed by atoms with Crippen molar-refractivity contribution < 1.29 is 14.3 Å². The number of methoxy groups -OCH3 is 1. The van der Waals surface area contributed by atoms with Crippen molar-refractivity contribution >= 4 is 28.9 Å². The van der Waals surface area contributed by atoms with Gasteiger partial charge in [0.2, 0.25) is 5.91 Å². The Morgan fingerprint density at radius 1 is 1.37 bits per heavy atom. The lowest BCUT2D eigenvalue weighted by Gasteiger charge is -2.17. The van der Waals surface area contributed by atoms with E-state index in [1.54, 1.807) is 0 Å². The summed E-state index contributed by atoms with van der Waals surface area (Å²) in [5.41, 5.74) is 1.58. The first kappa shape index (κ1) is 15.7. The Bertz CT molecular complexity index is 472. The van der Waals surface area contributed by atoms with Crippen LogP contribution in [-0.4, -0.2) is 19.0 Å². The Labute approximate surface area is 118 Å². The molecule has 1 amide bonds. The molecule has 1 N–H and O–H groups in total. The first-order chi connectivity index (χ1) is 8.74. The van der Waals surface area contributed by atoms with Crippen LogP contribution in [0.5, 0.6) is 0 Å². The average Bonchev–Trinajstić information content (AvgIpc) is 2.67. The van der Waals surface area contributed by atoms with Crippen molar-refractivity contribution in [3.63, 3.8) is 0 Å². The first-order valence-corrected chi connectivity index (χ1v) is 7.09. The summed E-state index contributed by atoms with van der Waals surface area (Å²) in [5.74, 6) is -0.481. The molecule has 0 unspecified atom stereocenters. The number of carbonyl (C=O) groups is 2. The van der Waals surface area contributed by atoms with Crippen LogP contribution in [0.2, 0.25) is 0 Å². The summed E-state index contributed by atoms with van der Waals surface area (Å²) in [6.07, 6.45) is 1.25. The second kappa shape index (κ2) is 6.19. The molecule has 4 nitrogen and oxygen atoms in total. The van der Waals surface area contributed by atoms with E-state index in [0.717, 1.165) is 12.0 Å². The molecule has 106 valence electrons. The zero-order chi connectivity index (χ0) is 14.6. The number of carbonyl (C=O) groups excluding carboxylic acids is 2. The highest BCUT2D eigenvalue weighted by Crippen LogP contribution is 2.29. The lowest BCUT2D eigenvalue weighted by molar-refractivity contribution is -0.116. The van der Waals surface area contributed by atoms with Crippen molar-refractivity contribution in [2.24, 2.45) is 5.41 Å². The van der Waals surface area contributed by atoms with E-state index >= 15 is 0 Å². The van der Waals surface area contributed by atoms with E-state index in [9.17, 15) is 9.59 Å². The molecule has 0 atom stereocenters. The maximum absolute atomic E-state index is 11.9. The van der Waals surface area contributed by atoms with E-state index in [2.05, 4.69) is 26.1 Å². The predicted octanol–water partition coefficient (Wildman–Crippen LogP) is 3.61. The second-order valence-corrected chi connectivity index (χ2v) is 6.60. The van der Waals surface area contributed by atoms with Gasteiger partial charge in [0.15, 0.2) is 0 Å². The molecule has 0 spiro atoms. The number of hydrogen-bond acceptors (Lipinski definition) is 4. The summed E-state index contributed by atoms with van der Waals surface area (Å²) in [6, 6.07) is 0. The number of anilines is 1. The molecule has 0 aliphatic carbocycles. The Kier molecular flexibility index (Phi) is 5.11. The van der Waals surface area contributed by atoms with E-state index in [4.69, 9.17) is 4.74 Å². The lowest BCUT2D eigenvalue weighted by atomic mass is 9.90. The molecule has 0 saturated heterocycles.